The van der Waals surface area contributed by atoms with Crippen LogP contribution in [0, 0.1) is 6.92 Å². The van der Waals surface area contributed by atoms with Gasteiger partial charge in [0, 0.05) is 0 Å². The third kappa shape index (κ3) is 2.57. The number of carboxylic acids is 1. The quantitative estimate of drug-likeness (QED) is 0.846. The minimum Gasteiger partial charge on any atom is -0.478 e. The number of carboxylic acid groups (broad SMARTS) is 1. The molecule has 0 amide bonds. The second-order valence-electron chi connectivity index (χ2n) is 4.06. The van der Waals surface area contributed by atoms with E-state index in [0.717, 1.165) is 5.52 Å². The van der Waals surface area contributed by atoms with Gasteiger partial charge in [-0.3, -0.25) is 4.79 Å². The van der Waals surface area contributed by atoms with E-state index in [1.165, 1.54) is 12.1 Å². The van der Waals surface area contributed by atoms with E-state index in [9.17, 15) is 9.59 Å². The van der Waals surface area contributed by atoms with E-state index in [2.05, 4.69) is 4.98 Å². The summed E-state index contributed by atoms with van der Waals surface area (Å²) in [6.07, 6.45) is 0. The highest BCUT2D eigenvalue weighted by Crippen LogP contribution is 2.18. The van der Waals surface area contributed by atoms with Crippen LogP contribution >= 0.6 is 0 Å². The molecule has 0 spiro atoms. The molecule has 19 heavy (non-hydrogen) atoms. The van der Waals surface area contributed by atoms with Gasteiger partial charge in [-0.2, -0.15) is 0 Å². The molecule has 1 aromatic heterocycles. The number of imidazole rings is 1. The highest BCUT2D eigenvalue weighted by atomic mass is 16.5. The molecule has 0 saturated heterocycles. The van der Waals surface area contributed by atoms with Crippen molar-refractivity contribution in [3.8, 4) is 0 Å². The predicted octanol–water partition coefficient (Wildman–Crippen LogP) is 1.61. The molecule has 0 bridgehead atoms. The van der Waals surface area contributed by atoms with E-state index in [4.69, 9.17) is 9.84 Å². The average molecular weight is 262 g/mol. The summed E-state index contributed by atoms with van der Waals surface area (Å²) in [5, 5.41) is 8.93. The van der Waals surface area contributed by atoms with Crippen LogP contribution in [0.1, 0.15) is 23.1 Å². The number of aromatic carboxylic acids is 1. The molecule has 0 radical (unpaired) electrons. The lowest BCUT2D eigenvalue weighted by molar-refractivity contribution is -0.143. The molecular formula is C13H14N2O4. The van der Waals surface area contributed by atoms with Crippen LogP contribution in [-0.4, -0.2) is 33.2 Å². The SMILES string of the molecule is CCOC(=O)Cn1c(C)nc2cc(C(=O)O)ccc21. The van der Waals surface area contributed by atoms with Crippen LogP contribution in [-0.2, 0) is 16.1 Å². The van der Waals surface area contributed by atoms with Gasteiger partial charge in [-0.05, 0) is 32.0 Å². The maximum Gasteiger partial charge on any atom is 0.335 e. The van der Waals surface area contributed by atoms with Gasteiger partial charge in [0.25, 0.3) is 0 Å². The molecule has 6 heteroatoms. The Morgan fingerprint density at radius 2 is 2.16 bits per heavy atom. The van der Waals surface area contributed by atoms with Crippen molar-refractivity contribution in [3.63, 3.8) is 0 Å². The summed E-state index contributed by atoms with van der Waals surface area (Å²) in [4.78, 5) is 26.7. The Balaban J connectivity index is 2.42. The number of rotatable bonds is 4. The zero-order chi connectivity index (χ0) is 14.0. The Morgan fingerprint density at radius 3 is 2.79 bits per heavy atom. The number of hydrogen-bond donors (Lipinski definition) is 1. The average Bonchev–Trinajstić information content (AvgIpc) is 2.65. The van der Waals surface area contributed by atoms with Crippen molar-refractivity contribution >= 4 is 23.0 Å². The maximum absolute atomic E-state index is 11.5. The van der Waals surface area contributed by atoms with E-state index in [0.29, 0.717) is 17.9 Å². The Morgan fingerprint density at radius 1 is 1.42 bits per heavy atom. The van der Waals surface area contributed by atoms with Gasteiger partial charge in [0.2, 0.25) is 0 Å². The van der Waals surface area contributed by atoms with Gasteiger partial charge < -0.3 is 14.4 Å². The molecule has 0 aliphatic heterocycles. The van der Waals surface area contributed by atoms with Crippen molar-refractivity contribution in [2.24, 2.45) is 0 Å². The fourth-order valence-corrected chi connectivity index (χ4v) is 1.92. The van der Waals surface area contributed by atoms with Crippen molar-refractivity contribution < 1.29 is 19.4 Å². The van der Waals surface area contributed by atoms with Crippen molar-refractivity contribution in [1.29, 1.82) is 0 Å². The van der Waals surface area contributed by atoms with Crippen LogP contribution in [0.25, 0.3) is 11.0 Å². The fourth-order valence-electron chi connectivity index (χ4n) is 1.92. The summed E-state index contributed by atoms with van der Waals surface area (Å²) >= 11 is 0. The second kappa shape index (κ2) is 5.09. The maximum atomic E-state index is 11.5. The van der Waals surface area contributed by atoms with Gasteiger partial charge in [-0.1, -0.05) is 0 Å². The van der Waals surface area contributed by atoms with Gasteiger partial charge >= 0.3 is 11.9 Å². The molecule has 0 aliphatic rings. The van der Waals surface area contributed by atoms with E-state index >= 15 is 0 Å². The number of aromatic nitrogens is 2. The molecular weight excluding hydrogens is 248 g/mol. The number of benzene rings is 1. The monoisotopic (exact) mass is 262 g/mol. The lowest BCUT2D eigenvalue weighted by Crippen LogP contribution is -2.14. The highest BCUT2D eigenvalue weighted by molar-refractivity contribution is 5.92. The summed E-state index contributed by atoms with van der Waals surface area (Å²) in [5.74, 6) is -0.697. The molecule has 0 unspecified atom stereocenters. The lowest BCUT2D eigenvalue weighted by atomic mass is 10.2. The van der Waals surface area contributed by atoms with Gasteiger partial charge in [0.15, 0.2) is 0 Å². The minimum atomic E-state index is -1.00. The zero-order valence-electron chi connectivity index (χ0n) is 10.7. The fraction of sp³-hybridized carbons (Fsp3) is 0.308. The number of carbonyl (C=O) groups excluding carboxylic acids is 1. The molecule has 0 fully saturated rings. The lowest BCUT2D eigenvalue weighted by Gasteiger charge is -2.06. The topological polar surface area (TPSA) is 81.4 Å². The van der Waals surface area contributed by atoms with E-state index in [1.54, 1.807) is 24.5 Å². The van der Waals surface area contributed by atoms with Crippen LogP contribution in [0.3, 0.4) is 0 Å². The normalized spacial score (nSPS) is 10.6. The zero-order valence-corrected chi connectivity index (χ0v) is 10.7. The first-order valence-corrected chi connectivity index (χ1v) is 5.88. The third-order valence-electron chi connectivity index (χ3n) is 2.78. The molecule has 0 atom stereocenters. The molecule has 1 heterocycles. The molecule has 1 aromatic carbocycles. The summed E-state index contributed by atoms with van der Waals surface area (Å²) in [5.41, 5.74) is 1.45. The number of aryl methyl sites for hydroxylation is 1. The standard InChI is InChI=1S/C13H14N2O4/c1-3-19-12(16)7-15-8(2)14-10-6-9(13(17)18)4-5-11(10)15/h4-6H,3,7H2,1-2H3,(H,17,18). The van der Waals surface area contributed by atoms with Crippen LogP contribution < -0.4 is 0 Å². The van der Waals surface area contributed by atoms with Crippen molar-refractivity contribution in [2.75, 3.05) is 6.61 Å². The molecule has 2 rings (SSSR count). The Bertz CT molecular complexity index is 645. The smallest absolute Gasteiger partial charge is 0.335 e. The molecule has 100 valence electrons. The first-order chi connectivity index (χ1) is 9.02. The highest BCUT2D eigenvalue weighted by Gasteiger charge is 2.13. The van der Waals surface area contributed by atoms with Gasteiger partial charge in [0.05, 0.1) is 23.2 Å². The number of hydrogen-bond acceptors (Lipinski definition) is 4. The molecule has 6 nitrogen and oxygen atoms in total. The van der Waals surface area contributed by atoms with Crippen LogP contribution in [0.15, 0.2) is 18.2 Å². The summed E-state index contributed by atoms with van der Waals surface area (Å²) < 4.78 is 6.61. The van der Waals surface area contributed by atoms with Crippen molar-refractivity contribution in [3.05, 3.63) is 29.6 Å². The van der Waals surface area contributed by atoms with E-state index < -0.39 is 5.97 Å². The minimum absolute atomic E-state index is 0.0720. The Kier molecular flexibility index (Phi) is 3.50. The molecule has 0 saturated carbocycles. The number of esters is 1. The predicted molar refractivity (Wildman–Crippen MR) is 68.1 cm³/mol. The van der Waals surface area contributed by atoms with Gasteiger partial charge in [0.1, 0.15) is 12.4 Å². The van der Waals surface area contributed by atoms with Crippen LogP contribution in [0.5, 0.6) is 0 Å². The van der Waals surface area contributed by atoms with Crippen LogP contribution in [0.2, 0.25) is 0 Å². The van der Waals surface area contributed by atoms with Crippen molar-refractivity contribution in [2.45, 2.75) is 20.4 Å². The second-order valence-corrected chi connectivity index (χ2v) is 4.06. The van der Waals surface area contributed by atoms with Crippen molar-refractivity contribution in [1.82, 2.24) is 9.55 Å². The Labute approximate surface area is 109 Å². The van der Waals surface area contributed by atoms with Crippen LogP contribution in [0.4, 0.5) is 0 Å². The van der Waals surface area contributed by atoms with Gasteiger partial charge in [-0.15, -0.1) is 0 Å². The number of fused-ring (bicyclic) bond motifs is 1. The third-order valence-corrected chi connectivity index (χ3v) is 2.78. The molecule has 1 N–H and O–H groups in total. The summed E-state index contributed by atoms with van der Waals surface area (Å²) in [6.45, 7) is 3.91. The Hall–Kier alpha value is -2.37. The van der Waals surface area contributed by atoms with E-state index in [-0.39, 0.29) is 18.1 Å². The van der Waals surface area contributed by atoms with Gasteiger partial charge in [-0.25, -0.2) is 9.78 Å². The molecule has 2 aromatic rings. The number of carbonyl (C=O) groups is 2. The number of ether oxygens (including phenoxy) is 1. The number of nitrogens with zero attached hydrogens (tertiary/aromatic N) is 2. The molecule has 0 aliphatic carbocycles. The first kappa shape index (κ1) is 13.1. The van der Waals surface area contributed by atoms with E-state index in [1.807, 2.05) is 0 Å². The summed E-state index contributed by atoms with van der Waals surface area (Å²) in [7, 11) is 0. The summed E-state index contributed by atoms with van der Waals surface area (Å²) in [6, 6.07) is 4.64. The largest absolute Gasteiger partial charge is 0.478 e. The first-order valence-electron chi connectivity index (χ1n) is 5.88.